The Morgan fingerprint density at radius 2 is 1.94 bits per heavy atom. The molecule has 1 aromatic carbocycles. The molecule has 1 aliphatic rings. The van der Waals surface area contributed by atoms with Crippen LogP contribution in [0.15, 0.2) is 24.3 Å². The topological polar surface area (TPSA) is 12.0 Å². The van der Waals surface area contributed by atoms with Crippen LogP contribution in [0.25, 0.3) is 0 Å². The van der Waals surface area contributed by atoms with Crippen LogP contribution in [-0.2, 0) is 6.42 Å². The molecule has 0 aliphatic heterocycles. The van der Waals surface area contributed by atoms with Gasteiger partial charge in [-0.25, -0.2) is 4.39 Å². The Kier molecular flexibility index (Phi) is 3.82. The van der Waals surface area contributed by atoms with Crippen LogP contribution in [0.1, 0.15) is 38.7 Å². The Labute approximate surface area is 103 Å². The summed E-state index contributed by atoms with van der Waals surface area (Å²) in [6.07, 6.45) is 4.80. The van der Waals surface area contributed by atoms with Gasteiger partial charge in [0.05, 0.1) is 0 Å². The first kappa shape index (κ1) is 12.6. The Bertz CT molecular complexity index is 354. The van der Waals surface area contributed by atoms with Crippen molar-refractivity contribution in [3.63, 3.8) is 0 Å². The molecule has 0 radical (unpaired) electrons. The van der Waals surface area contributed by atoms with Gasteiger partial charge in [0.15, 0.2) is 0 Å². The van der Waals surface area contributed by atoms with Gasteiger partial charge in [0.2, 0.25) is 0 Å². The van der Waals surface area contributed by atoms with Gasteiger partial charge in [0.1, 0.15) is 5.82 Å². The van der Waals surface area contributed by atoms with Gasteiger partial charge in [-0.3, -0.25) is 0 Å². The Morgan fingerprint density at radius 3 is 2.47 bits per heavy atom. The molecule has 1 aliphatic carbocycles. The van der Waals surface area contributed by atoms with Crippen molar-refractivity contribution in [2.45, 2.75) is 45.6 Å². The van der Waals surface area contributed by atoms with Gasteiger partial charge >= 0.3 is 0 Å². The molecule has 0 saturated heterocycles. The lowest BCUT2D eigenvalue weighted by Gasteiger charge is -2.25. The van der Waals surface area contributed by atoms with Gasteiger partial charge in [-0.05, 0) is 55.3 Å². The van der Waals surface area contributed by atoms with Gasteiger partial charge in [0, 0.05) is 6.04 Å². The summed E-state index contributed by atoms with van der Waals surface area (Å²) in [6, 6.07) is 7.46. The highest BCUT2D eigenvalue weighted by Gasteiger charge is 2.44. The van der Waals surface area contributed by atoms with Crippen LogP contribution >= 0.6 is 0 Å². The van der Waals surface area contributed by atoms with Crippen LogP contribution in [0.3, 0.4) is 0 Å². The number of hydrogen-bond donors (Lipinski definition) is 1. The minimum Gasteiger partial charge on any atom is -0.313 e. The average molecular weight is 235 g/mol. The van der Waals surface area contributed by atoms with Gasteiger partial charge in [-0.1, -0.05) is 26.0 Å². The molecule has 17 heavy (non-hydrogen) atoms. The third-order valence-electron chi connectivity index (χ3n) is 3.87. The van der Waals surface area contributed by atoms with Crippen molar-refractivity contribution in [2.75, 3.05) is 6.54 Å². The molecule has 1 saturated carbocycles. The lowest BCUT2D eigenvalue weighted by molar-refractivity contribution is 0.354. The largest absolute Gasteiger partial charge is 0.313 e. The third kappa shape index (κ3) is 3.29. The zero-order chi connectivity index (χ0) is 12.3. The van der Waals surface area contributed by atoms with Crippen molar-refractivity contribution in [1.82, 2.24) is 5.32 Å². The lowest BCUT2D eigenvalue weighted by atomic mass is 9.92. The van der Waals surface area contributed by atoms with Crippen molar-refractivity contribution in [3.05, 3.63) is 35.6 Å². The number of rotatable bonds is 6. The fourth-order valence-corrected chi connectivity index (χ4v) is 2.29. The monoisotopic (exact) mass is 235 g/mol. The highest BCUT2D eigenvalue weighted by Crippen LogP contribution is 2.48. The summed E-state index contributed by atoms with van der Waals surface area (Å²) < 4.78 is 12.9. The zero-order valence-corrected chi connectivity index (χ0v) is 10.8. The molecule has 1 unspecified atom stereocenters. The SMILES string of the molecule is CCCNC(Cc1ccc(F)cc1)C1(C)CC1. The van der Waals surface area contributed by atoms with Crippen LogP contribution in [0, 0.1) is 11.2 Å². The molecule has 2 rings (SSSR count). The lowest BCUT2D eigenvalue weighted by Crippen LogP contribution is -2.38. The van der Waals surface area contributed by atoms with Gasteiger partial charge < -0.3 is 5.32 Å². The quantitative estimate of drug-likeness (QED) is 0.795. The highest BCUT2D eigenvalue weighted by atomic mass is 19.1. The van der Waals surface area contributed by atoms with Crippen molar-refractivity contribution in [2.24, 2.45) is 5.41 Å². The summed E-state index contributed by atoms with van der Waals surface area (Å²) in [6.45, 7) is 5.61. The van der Waals surface area contributed by atoms with E-state index in [-0.39, 0.29) is 5.82 Å². The van der Waals surface area contributed by atoms with E-state index >= 15 is 0 Å². The van der Waals surface area contributed by atoms with E-state index < -0.39 is 0 Å². The maximum Gasteiger partial charge on any atom is 0.123 e. The summed E-state index contributed by atoms with van der Waals surface area (Å²) in [5.74, 6) is -0.149. The van der Waals surface area contributed by atoms with Gasteiger partial charge in [0.25, 0.3) is 0 Å². The number of benzene rings is 1. The molecule has 1 atom stereocenters. The second-order valence-electron chi connectivity index (χ2n) is 5.49. The molecular formula is C15H22FN. The van der Waals surface area contributed by atoms with E-state index in [9.17, 15) is 4.39 Å². The standard InChI is InChI=1S/C15H22FN/c1-3-10-17-14(15(2)8-9-15)11-12-4-6-13(16)7-5-12/h4-7,14,17H,3,8-11H2,1-2H3. The van der Waals surface area contributed by atoms with Crippen LogP contribution in [0.2, 0.25) is 0 Å². The predicted molar refractivity (Wildman–Crippen MR) is 69.5 cm³/mol. The van der Waals surface area contributed by atoms with Gasteiger partial charge in [-0.2, -0.15) is 0 Å². The van der Waals surface area contributed by atoms with Gasteiger partial charge in [-0.15, -0.1) is 0 Å². The molecular weight excluding hydrogens is 213 g/mol. The molecule has 1 fully saturated rings. The Hall–Kier alpha value is -0.890. The second-order valence-corrected chi connectivity index (χ2v) is 5.49. The molecule has 1 N–H and O–H groups in total. The van der Waals surface area contributed by atoms with E-state index in [4.69, 9.17) is 0 Å². The van der Waals surface area contributed by atoms with Crippen molar-refractivity contribution >= 4 is 0 Å². The van der Waals surface area contributed by atoms with E-state index in [2.05, 4.69) is 19.2 Å². The Morgan fingerprint density at radius 1 is 1.29 bits per heavy atom. The van der Waals surface area contributed by atoms with E-state index in [1.165, 1.54) is 18.4 Å². The van der Waals surface area contributed by atoms with Crippen LogP contribution in [-0.4, -0.2) is 12.6 Å². The third-order valence-corrected chi connectivity index (χ3v) is 3.87. The predicted octanol–water partition coefficient (Wildman–Crippen LogP) is 3.54. The average Bonchev–Trinajstić information content (AvgIpc) is 3.06. The van der Waals surface area contributed by atoms with Crippen molar-refractivity contribution in [3.8, 4) is 0 Å². The molecule has 0 heterocycles. The fraction of sp³-hybridized carbons (Fsp3) is 0.600. The molecule has 0 aromatic heterocycles. The van der Waals surface area contributed by atoms with E-state index in [1.54, 1.807) is 12.1 Å². The Balaban J connectivity index is 1.99. The van der Waals surface area contributed by atoms with Crippen molar-refractivity contribution in [1.29, 1.82) is 0 Å². The molecule has 0 spiro atoms. The minimum atomic E-state index is -0.149. The zero-order valence-electron chi connectivity index (χ0n) is 10.8. The molecule has 94 valence electrons. The molecule has 0 bridgehead atoms. The normalized spacial score (nSPS) is 19.0. The van der Waals surface area contributed by atoms with E-state index in [0.717, 1.165) is 19.4 Å². The molecule has 1 nitrogen and oxygen atoms in total. The summed E-state index contributed by atoms with van der Waals surface area (Å²) in [5, 5.41) is 3.64. The summed E-state index contributed by atoms with van der Waals surface area (Å²) in [4.78, 5) is 0. The van der Waals surface area contributed by atoms with Crippen molar-refractivity contribution < 1.29 is 4.39 Å². The fourth-order valence-electron chi connectivity index (χ4n) is 2.29. The summed E-state index contributed by atoms with van der Waals surface area (Å²) in [7, 11) is 0. The summed E-state index contributed by atoms with van der Waals surface area (Å²) in [5.41, 5.74) is 1.69. The molecule has 0 amide bonds. The second kappa shape index (κ2) is 5.18. The first-order valence-electron chi connectivity index (χ1n) is 6.62. The number of halogens is 1. The number of hydrogen-bond acceptors (Lipinski definition) is 1. The smallest absolute Gasteiger partial charge is 0.123 e. The maximum absolute atomic E-state index is 12.9. The number of nitrogens with one attached hydrogen (secondary N) is 1. The summed E-state index contributed by atoms with van der Waals surface area (Å²) >= 11 is 0. The van der Waals surface area contributed by atoms with Crippen LogP contribution < -0.4 is 5.32 Å². The van der Waals surface area contributed by atoms with E-state index in [1.807, 2.05) is 12.1 Å². The molecule has 1 aromatic rings. The van der Waals surface area contributed by atoms with Crippen LogP contribution in [0.4, 0.5) is 4.39 Å². The van der Waals surface area contributed by atoms with Crippen LogP contribution in [0.5, 0.6) is 0 Å². The first-order chi connectivity index (χ1) is 8.14. The minimum absolute atomic E-state index is 0.149. The first-order valence-corrected chi connectivity index (χ1v) is 6.62. The van der Waals surface area contributed by atoms with E-state index in [0.29, 0.717) is 11.5 Å². The molecule has 2 heteroatoms. The highest BCUT2D eigenvalue weighted by molar-refractivity contribution is 5.19. The maximum atomic E-state index is 12.9.